The molecule has 2 aromatic carbocycles. The molecule has 0 aliphatic rings. The Morgan fingerprint density at radius 3 is 1.36 bits per heavy atom. The van der Waals surface area contributed by atoms with Gasteiger partial charge in [0.25, 0.3) is 0 Å². The highest BCUT2D eigenvalue weighted by molar-refractivity contribution is 6.60. The van der Waals surface area contributed by atoms with Crippen molar-refractivity contribution in [3.63, 3.8) is 0 Å². The quantitative estimate of drug-likeness (QED) is 0.580. The van der Waals surface area contributed by atoms with Crippen LogP contribution >= 0.6 is 0 Å². The van der Waals surface area contributed by atoms with Gasteiger partial charge in [0.2, 0.25) is 0 Å². The van der Waals surface area contributed by atoms with Crippen LogP contribution in [0.15, 0.2) is 60.7 Å². The summed E-state index contributed by atoms with van der Waals surface area (Å²) in [5, 5.41) is 0. The maximum Gasteiger partial charge on any atom is 0.123 e. The van der Waals surface area contributed by atoms with E-state index < -0.39 is 0 Å². The van der Waals surface area contributed by atoms with Gasteiger partial charge < -0.3 is 9.13 Å². The van der Waals surface area contributed by atoms with Crippen molar-refractivity contribution in [2.24, 2.45) is 0 Å². The van der Waals surface area contributed by atoms with Gasteiger partial charge in [0.1, 0.15) is 19.4 Å². The van der Waals surface area contributed by atoms with Crippen LogP contribution in [0.4, 0.5) is 11.4 Å². The van der Waals surface area contributed by atoms with Crippen LogP contribution in [0.2, 0.25) is 5.67 Å². The smallest absolute Gasteiger partial charge is 0.123 e. The molecule has 0 aromatic heterocycles. The van der Waals surface area contributed by atoms with Crippen molar-refractivity contribution in [3.05, 3.63) is 60.7 Å². The largest absolute Gasteiger partial charge is 0.401 e. The summed E-state index contributed by atoms with van der Waals surface area (Å²) in [6.07, 6.45) is 2.44. The number of hydrogen-bond donors (Lipinski definition) is 0. The van der Waals surface area contributed by atoms with Crippen molar-refractivity contribution in [2.75, 3.05) is 9.13 Å². The minimum Gasteiger partial charge on any atom is -0.401 e. The number of nitrogens with zero attached hydrogens (tertiary/aromatic N) is 2. The first-order valence-electron chi connectivity index (χ1n) is 9.80. The summed E-state index contributed by atoms with van der Waals surface area (Å²) in [5.74, 6) is 0. The molecule has 0 radical (unpaired) electrons. The maximum absolute atomic E-state index is 2.73. The topological polar surface area (TPSA) is 6.48 Å². The second-order valence-electron chi connectivity index (χ2n) is 6.93. The van der Waals surface area contributed by atoms with E-state index in [9.17, 15) is 0 Å². The molecule has 0 saturated heterocycles. The molecule has 4 heteroatoms. The van der Waals surface area contributed by atoms with E-state index in [-0.39, 0.29) is 19.4 Å². The third kappa shape index (κ3) is 5.75. The van der Waals surface area contributed by atoms with Crippen molar-refractivity contribution in [3.8, 4) is 0 Å². The van der Waals surface area contributed by atoms with E-state index in [0.717, 1.165) is 0 Å². The lowest BCUT2D eigenvalue weighted by Gasteiger charge is -2.34. The molecule has 2 nitrogen and oxygen atoms in total. The van der Waals surface area contributed by atoms with Gasteiger partial charge in [0, 0.05) is 23.5 Å². The van der Waals surface area contributed by atoms with Crippen molar-refractivity contribution in [2.45, 2.75) is 58.3 Å². The van der Waals surface area contributed by atoms with Crippen LogP contribution in [0.1, 0.15) is 40.5 Å². The molecule has 0 bridgehead atoms. The molecule has 25 heavy (non-hydrogen) atoms. The van der Waals surface area contributed by atoms with Gasteiger partial charge in [0.15, 0.2) is 0 Å². The van der Waals surface area contributed by atoms with Crippen molar-refractivity contribution in [1.29, 1.82) is 0 Å². The van der Waals surface area contributed by atoms with Gasteiger partial charge in [-0.15, -0.1) is 0 Å². The molecule has 2 unspecified atom stereocenters. The lowest BCUT2D eigenvalue weighted by molar-refractivity contribution is 0.707. The molecular weight excluding hydrogens is 336 g/mol. The van der Waals surface area contributed by atoms with Crippen LogP contribution in [0.5, 0.6) is 0 Å². The first-order chi connectivity index (χ1) is 12.2. The zero-order valence-electron chi connectivity index (χ0n) is 16.4. The number of para-hydroxylation sites is 2. The molecule has 0 aliphatic carbocycles. The summed E-state index contributed by atoms with van der Waals surface area (Å²) in [6.45, 7) is 9.38. The third-order valence-corrected chi connectivity index (χ3v) is 10.7. The minimum atomic E-state index is -0.265. The van der Waals surface area contributed by atoms with Crippen molar-refractivity contribution in [1.82, 2.24) is 0 Å². The monoisotopic (exact) mass is 370 g/mol. The number of benzene rings is 2. The summed E-state index contributed by atoms with van der Waals surface area (Å²) < 4.78 is 5.46. The molecule has 0 N–H and O–H groups in total. The van der Waals surface area contributed by atoms with E-state index in [1.54, 1.807) is 0 Å². The molecule has 136 valence electrons. The number of rotatable bonds is 10. The average molecular weight is 371 g/mol. The first kappa shape index (κ1) is 19.8. The fraction of sp³-hybridized carbons (Fsp3) is 0.429. The lowest BCUT2D eigenvalue weighted by Crippen LogP contribution is -2.41. The normalized spacial score (nSPS) is 14.2. The highest BCUT2D eigenvalue weighted by atomic mass is 28.3. The van der Waals surface area contributed by atoms with E-state index in [4.69, 9.17) is 0 Å². The molecule has 2 aromatic rings. The predicted molar refractivity (Wildman–Crippen MR) is 119 cm³/mol. The second kappa shape index (κ2) is 10.5. The summed E-state index contributed by atoms with van der Waals surface area (Å²) in [6, 6.07) is 23.4. The Hall–Kier alpha value is -1.53. The Labute approximate surface area is 159 Å². The first-order valence-corrected chi connectivity index (χ1v) is 13.1. The van der Waals surface area contributed by atoms with E-state index in [2.05, 4.69) is 97.5 Å². The van der Waals surface area contributed by atoms with Gasteiger partial charge in [-0.25, -0.2) is 0 Å². The fourth-order valence-electron chi connectivity index (χ4n) is 3.30. The van der Waals surface area contributed by atoms with Gasteiger partial charge >= 0.3 is 0 Å². The Balaban J connectivity index is 2.03. The molecule has 0 amide bonds. The minimum absolute atomic E-state index is 0.265. The van der Waals surface area contributed by atoms with Crippen LogP contribution in [0, 0.1) is 0 Å². The van der Waals surface area contributed by atoms with Crippen LogP contribution in [0.3, 0.4) is 0 Å². The highest BCUT2D eigenvalue weighted by Crippen LogP contribution is 2.20. The Morgan fingerprint density at radius 2 is 1.04 bits per heavy atom. The zero-order chi connectivity index (χ0) is 18.1. The summed E-state index contributed by atoms with van der Waals surface area (Å²) in [4.78, 5) is 0. The van der Waals surface area contributed by atoms with Gasteiger partial charge in [-0.1, -0.05) is 50.2 Å². The van der Waals surface area contributed by atoms with Crippen molar-refractivity contribution >= 4 is 30.7 Å². The summed E-state index contributed by atoms with van der Waals surface area (Å²) in [7, 11) is -0.531. The van der Waals surface area contributed by atoms with E-state index in [1.165, 1.54) is 29.9 Å². The maximum atomic E-state index is 2.73. The van der Waals surface area contributed by atoms with Crippen LogP contribution in [0.25, 0.3) is 0 Å². The molecule has 0 saturated carbocycles. The van der Waals surface area contributed by atoms with Gasteiger partial charge in [-0.3, -0.25) is 0 Å². The van der Waals surface area contributed by atoms with E-state index >= 15 is 0 Å². The van der Waals surface area contributed by atoms with Crippen molar-refractivity contribution < 1.29 is 0 Å². The molecule has 0 spiro atoms. The second-order valence-corrected chi connectivity index (χ2v) is 12.0. The molecule has 0 fully saturated rings. The van der Waals surface area contributed by atoms with Crippen LogP contribution in [-0.2, 0) is 0 Å². The van der Waals surface area contributed by atoms with Gasteiger partial charge in [-0.05, 0) is 56.6 Å². The molecule has 2 atom stereocenters. The fourth-order valence-corrected chi connectivity index (χ4v) is 8.93. The third-order valence-electron chi connectivity index (χ3n) is 5.22. The summed E-state index contributed by atoms with van der Waals surface area (Å²) >= 11 is 0. The van der Waals surface area contributed by atoms with E-state index in [1.807, 2.05) is 0 Å². The summed E-state index contributed by atoms with van der Waals surface area (Å²) in [5.41, 5.74) is 4.29. The van der Waals surface area contributed by atoms with Gasteiger partial charge in [-0.2, -0.15) is 0 Å². The highest BCUT2D eigenvalue weighted by Gasteiger charge is 2.16. The molecule has 0 aliphatic heterocycles. The zero-order valence-corrected chi connectivity index (χ0v) is 19.2. The Bertz CT molecular complexity index is 538. The predicted octanol–water partition coefficient (Wildman–Crippen LogP) is 4.14. The van der Waals surface area contributed by atoms with Crippen LogP contribution in [-0.4, -0.2) is 31.4 Å². The SMILES string of the molecule is CCC(C)N([SiH2]C[SiH2]N(c1ccccc1)C(C)CC)c1ccccc1. The standard InChI is InChI=1S/C21H34N2Si2/c1-5-18(3)22(20-13-9-7-10-14-20)24-17-25-23(19(4)6-2)21-15-11-8-12-16-21/h7-16,18-19H,5-6,17,24-25H2,1-4H3. The molecular formula is C21H34N2Si2. The number of hydrogen-bond acceptors (Lipinski definition) is 2. The van der Waals surface area contributed by atoms with Gasteiger partial charge in [0.05, 0.1) is 0 Å². The average Bonchev–Trinajstić information content (AvgIpc) is 2.68. The number of anilines is 2. The van der Waals surface area contributed by atoms with E-state index in [0.29, 0.717) is 12.1 Å². The Kier molecular flexibility index (Phi) is 8.28. The molecule has 2 rings (SSSR count). The lowest BCUT2D eigenvalue weighted by atomic mass is 10.2. The van der Waals surface area contributed by atoms with Crippen LogP contribution < -0.4 is 9.13 Å². The Morgan fingerprint density at radius 1 is 0.680 bits per heavy atom. The molecule has 0 heterocycles.